The Morgan fingerprint density at radius 2 is 1.95 bits per heavy atom. The van der Waals surface area contributed by atoms with E-state index in [-0.39, 0.29) is 17.7 Å². The molecule has 0 saturated heterocycles. The Labute approximate surface area is 117 Å². The van der Waals surface area contributed by atoms with Gasteiger partial charge in [-0.1, -0.05) is 6.07 Å². The first-order valence-electron chi connectivity index (χ1n) is 6.65. The molecule has 0 aliphatic carbocycles. The highest BCUT2D eigenvalue weighted by atomic mass is 19.1. The first-order chi connectivity index (χ1) is 9.56. The van der Waals surface area contributed by atoms with Crippen LogP contribution >= 0.6 is 0 Å². The van der Waals surface area contributed by atoms with E-state index in [4.69, 9.17) is 0 Å². The minimum Gasteiger partial charge on any atom is -0.310 e. The summed E-state index contributed by atoms with van der Waals surface area (Å²) in [5, 5.41) is 3.32. The van der Waals surface area contributed by atoms with Crippen LogP contribution in [0.3, 0.4) is 0 Å². The van der Waals surface area contributed by atoms with Gasteiger partial charge in [-0.05, 0) is 61.7 Å². The highest BCUT2D eigenvalue weighted by molar-refractivity contribution is 5.26. The summed E-state index contributed by atoms with van der Waals surface area (Å²) in [7, 11) is 0. The lowest BCUT2D eigenvalue weighted by Gasteiger charge is -2.14. The number of halogens is 2. The van der Waals surface area contributed by atoms with Gasteiger partial charge in [0, 0.05) is 12.2 Å². The molecule has 1 heterocycles. The molecule has 0 fully saturated rings. The molecule has 0 aliphatic rings. The predicted octanol–water partition coefficient (Wildman–Crippen LogP) is 3.56. The van der Waals surface area contributed by atoms with Crippen molar-refractivity contribution in [2.75, 3.05) is 6.54 Å². The summed E-state index contributed by atoms with van der Waals surface area (Å²) < 4.78 is 26.1. The molecule has 2 nitrogen and oxygen atoms in total. The Kier molecular flexibility index (Phi) is 4.79. The minimum absolute atomic E-state index is 0.0268. The second-order valence-electron chi connectivity index (χ2n) is 4.93. The van der Waals surface area contributed by atoms with Gasteiger partial charge in [0.2, 0.25) is 0 Å². The van der Waals surface area contributed by atoms with Crippen molar-refractivity contribution in [1.82, 2.24) is 10.3 Å². The molecular weight excluding hydrogens is 258 g/mol. The molecule has 1 unspecified atom stereocenters. The molecule has 4 heteroatoms. The lowest BCUT2D eigenvalue weighted by molar-refractivity contribution is 0.562. The fraction of sp³-hybridized carbons (Fsp3) is 0.312. The van der Waals surface area contributed by atoms with Crippen molar-refractivity contribution in [2.24, 2.45) is 0 Å². The summed E-state index contributed by atoms with van der Waals surface area (Å²) in [6.45, 7) is 4.61. The largest absolute Gasteiger partial charge is 0.310 e. The molecule has 0 aliphatic heterocycles. The Balaban J connectivity index is 1.89. The molecule has 1 aromatic carbocycles. The lowest BCUT2D eigenvalue weighted by Crippen LogP contribution is -2.21. The van der Waals surface area contributed by atoms with Crippen molar-refractivity contribution in [3.8, 4) is 0 Å². The van der Waals surface area contributed by atoms with Crippen LogP contribution in [0.5, 0.6) is 0 Å². The summed E-state index contributed by atoms with van der Waals surface area (Å²) in [6, 6.07) is 6.32. The SMILES string of the molecule is Cc1cc(F)ccc1CCNC(C)c1cncc(F)c1. The van der Waals surface area contributed by atoms with Gasteiger partial charge in [0.25, 0.3) is 0 Å². The number of rotatable bonds is 5. The van der Waals surface area contributed by atoms with Crippen LogP contribution in [0.4, 0.5) is 8.78 Å². The van der Waals surface area contributed by atoms with Crippen LogP contribution in [0.15, 0.2) is 36.7 Å². The standard InChI is InChI=1S/C16H18F2N2/c1-11-7-15(17)4-3-13(11)5-6-20-12(2)14-8-16(18)10-19-9-14/h3-4,7-10,12,20H,5-6H2,1-2H3. The van der Waals surface area contributed by atoms with Crippen LogP contribution in [0.1, 0.15) is 29.7 Å². The fourth-order valence-corrected chi connectivity index (χ4v) is 2.15. The summed E-state index contributed by atoms with van der Waals surface area (Å²) in [4.78, 5) is 3.84. The second-order valence-corrected chi connectivity index (χ2v) is 4.93. The predicted molar refractivity (Wildman–Crippen MR) is 75.5 cm³/mol. The zero-order valence-electron chi connectivity index (χ0n) is 11.7. The normalized spacial score (nSPS) is 12.4. The molecule has 106 valence electrons. The van der Waals surface area contributed by atoms with Crippen LogP contribution in [0.25, 0.3) is 0 Å². The number of nitrogens with one attached hydrogen (secondary N) is 1. The van der Waals surface area contributed by atoms with E-state index >= 15 is 0 Å². The van der Waals surface area contributed by atoms with Crippen molar-refractivity contribution in [1.29, 1.82) is 0 Å². The highest BCUT2D eigenvalue weighted by Gasteiger charge is 2.07. The van der Waals surface area contributed by atoms with Gasteiger partial charge in [0.1, 0.15) is 11.6 Å². The van der Waals surface area contributed by atoms with Gasteiger partial charge in [-0.15, -0.1) is 0 Å². The molecule has 0 radical (unpaired) electrons. The zero-order valence-corrected chi connectivity index (χ0v) is 11.7. The van der Waals surface area contributed by atoms with Gasteiger partial charge in [-0.2, -0.15) is 0 Å². The topological polar surface area (TPSA) is 24.9 Å². The summed E-state index contributed by atoms with van der Waals surface area (Å²) >= 11 is 0. The molecule has 2 aromatic rings. The average Bonchev–Trinajstić information content (AvgIpc) is 2.41. The Morgan fingerprint density at radius 3 is 2.65 bits per heavy atom. The summed E-state index contributed by atoms with van der Waals surface area (Å²) in [5.74, 6) is -0.538. The first-order valence-corrected chi connectivity index (χ1v) is 6.65. The van der Waals surface area contributed by atoms with Gasteiger partial charge in [-0.25, -0.2) is 8.78 Å². The lowest BCUT2D eigenvalue weighted by atomic mass is 10.1. The Bertz CT molecular complexity index is 584. The van der Waals surface area contributed by atoms with Crippen molar-refractivity contribution in [3.63, 3.8) is 0 Å². The monoisotopic (exact) mass is 276 g/mol. The summed E-state index contributed by atoms with van der Waals surface area (Å²) in [6.07, 6.45) is 3.65. The third-order valence-electron chi connectivity index (χ3n) is 3.38. The van der Waals surface area contributed by atoms with Crippen LogP contribution in [-0.4, -0.2) is 11.5 Å². The molecule has 0 amide bonds. The second kappa shape index (κ2) is 6.57. The van der Waals surface area contributed by atoms with Gasteiger partial charge in [-0.3, -0.25) is 4.98 Å². The summed E-state index contributed by atoms with van der Waals surface area (Å²) in [5.41, 5.74) is 2.89. The van der Waals surface area contributed by atoms with E-state index in [1.807, 2.05) is 13.8 Å². The number of hydrogen-bond donors (Lipinski definition) is 1. The van der Waals surface area contributed by atoms with Crippen LogP contribution < -0.4 is 5.32 Å². The van der Waals surface area contributed by atoms with Crippen LogP contribution in [0, 0.1) is 18.6 Å². The molecule has 20 heavy (non-hydrogen) atoms. The molecule has 1 atom stereocenters. The quantitative estimate of drug-likeness (QED) is 0.903. The molecule has 2 rings (SSSR count). The number of hydrogen-bond acceptors (Lipinski definition) is 2. The van der Waals surface area contributed by atoms with Gasteiger partial charge in [0.05, 0.1) is 6.20 Å². The maximum absolute atomic E-state index is 13.1. The van der Waals surface area contributed by atoms with Crippen molar-refractivity contribution < 1.29 is 8.78 Å². The Morgan fingerprint density at radius 1 is 1.15 bits per heavy atom. The van der Waals surface area contributed by atoms with E-state index in [1.165, 1.54) is 24.4 Å². The third-order valence-corrected chi connectivity index (χ3v) is 3.38. The molecule has 0 bridgehead atoms. The molecule has 0 saturated carbocycles. The maximum atomic E-state index is 13.1. The molecular formula is C16H18F2N2. The van der Waals surface area contributed by atoms with Crippen molar-refractivity contribution in [3.05, 3.63) is 65.0 Å². The van der Waals surface area contributed by atoms with E-state index in [9.17, 15) is 8.78 Å². The van der Waals surface area contributed by atoms with E-state index < -0.39 is 0 Å². The third kappa shape index (κ3) is 3.84. The average molecular weight is 276 g/mol. The molecule has 1 N–H and O–H groups in total. The number of benzene rings is 1. The van der Waals surface area contributed by atoms with Gasteiger partial charge in [0.15, 0.2) is 0 Å². The van der Waals surface area contributed by atoms with E-state index in [1.54, 1.807) is 12.3 Å². The van der Waals surface area contributed by atoms with Crippen LogP contribution in [0.2, 0.25) is 0 Å². The van der Waals surface area contributed by atoms with Gasteiger partial charge < -0.3 is 5.32 Å². The number of aromatic nitrogens is 1. The smallest absolute Gasteiger partial charge is 0.141 e. The van der Waals surface area contributed by atoms with Gasteiger partial charge >= 0.3 is 0 Å². The molecule has 1 aromatic heterocycles. The maximum Gasteiger partial charge on any atom is 0.141 e. The molecule has 0 spiro atoms. The van der Waals surface area contributed by atoms with E-state index in [0.29, 0.717) is 0 Å². The van der Waals surface area contributed by atoms with E-state index in [0.717, 1.165) is 29.7 Å². The minimum atomic E-state index is -0.328. The first kappa shape index (κ1) is 14.6. The number of nitrogens with zero attached hydrogens (tertiary/aromatic N) is 1. The highest BCUT2D eigenvalue weighted by Crippen LogP contribution is 2.13. The Hall–Kier alpha value is -1.81. The number of aryl methyl sites for hydroxylation is 1. The van der Waals surface area contributed by atoms with Crippen molar-refractivity contribution >= 4 is 0 Å². The fourth-order valence-electron chi connectivity index (χ4n) is 2.15. The van der Waals surface area contributed by atoms with E-state index in [2.05, 4.69) is 10.3 Å². The van der Waals surface area contributed by atoms with Crippen LogP contribution in [-0.2, 0) is 6.42 Å². The number of pyridine rings is 1. The van der Waals surface area contributed by atoms with Crippen molar-refractivity contribution in [2.45, 2.75) is 26.3 Å². The zero-order chi connectivity index (χ0) is 14.5.